The van der Waals surface area contributed by atoms with Crippen LogP contribution in [0.3, 0.4) is 0 Å². The lowest BCUT2D eigenvalue weighted by Gasteiger charge is -2.36. The van der Waals surface area contributed by atoms with Gasteiger partial charge in [0.25, 0.3) is 5.91 Å². The molecule has 0 bridgehead atoms. The van der Waals surface area contributed by atoms with Gasteiger partial charge in [-0.3, -0.25) is 14.4 Å². The van der Waals surface area contributed by atoms with E-state index in [2.05, 4.69) is 22.0 Å². The summed E-state index contributed by atoms with van der Waals surface area (Å²) in [4.78, 5) is 46.4. The summed E-state index contributed by atoms with van der Waals surface area (Å²) in [6.45, 7) is 7.30. The van der Waals surface area contributed by atoms with E-state index in [0.717, 1.165) is 29.0 Å². The van der Waals surface area contributed by atoms with Crippen molar-refractivity contribution in [3.05, 3.63) is 53.3 Å². The molecule has 0 radical (unpaired) electrons. The van der Waals surface area contributed by atoms with E-state index < -0.39 is 5.97 Å². The van der Waals surface area contributed by atoms with Crippen LogP contribution in [0.15, 0.2) is 53.5 Å². The van der Waals surface area contributed by atoms with Crippen LogP contribution in [0, 0.1) is 0 Å². The van der Waals surface area contributed by atoms with Crippen molar-refractivity contribution in [1.82, 2.24) is 9.47 Å². The molecule has 0 spiro atoms. The zero-order valence-electron chi connectivity index (χ0n) is 21.6. The maximum atomic E-state index is 12.7. The van der Waals surface area contributed by atoms with E-state index in [0.29, 0.717) is 30.2 Å². The normalized spacial score (nSPS) is 14.1. The van der Waals surface area contributed by atoms with Crippen LogP contribution in [0.1, 0.15) is 13.8 Å². The average molecular weight is 557 g/mol. The Morgan fingerprint density at radius 1 is 0.974 bits per heavy atom. The fraction of sp³-hybridized carbons (Fsp3) is 0.407. The van der Waals surface area contributed by atoms with Gasteiger partial charge in [-0.1, -0.05) is 29.5 Å². The molecule has 2 amide bonds. The Hall–Kier alpha value is -3.31. The topological polar surface area (TPSA) is 93.4 Å². The van der Waals surface area contributed by atoms with Gasteiger partial charge >= 0.3 is 5.97 Å². The molecule has 0 aliphatic carbocycles. The molecule has 1 fully saturated rings. The van der Waals surface area contributed by atoms with Crippen LogP contribution in [0.2, 0.25) is 0 Å². The Balaban J connectivity index is 1.36. The third-order valence-corrected chi connectivity index (χ3v) is 7.93. The van der Waals surface area contributed by atoms with Crippen molar-refractivity contribution in [2.45, 2.75) is 20.4 Å². The first-order chi connectivity index (χ1) is 18.5. The SMILES string of the molecule is CCOC(=O)Cn1c(=NC(=O)CSCC(=O)N2CCN(c3ccccc3)CC2)sc2cc(OCC)ccc21. The van der Waals surface area contributed by atoms with Crippen LogP contribution in [-0.4, -0.2) is 78.1 Å². The Morgan fingerprint density at radius 3 is 2.45 bits per heavy atom. The molecule has 4 rings (SSSR count). The number of ether oxygens (including phenoxy) is 2. The average Bonchev–Trinajstić information content (AvgIpc) is 3.25. The Labute approximate surface area is 230 Å². The Kier molecular flexibility index (Phi) is 9.83. The van der Waals surface area contributed by atoms with Gasteiger partial charge in [-0.05, 0) is 44.2 Å². The molecule has 0 atom stereocenters. The molecule has 1 aliphatic heterocycles. The zero-order valence-corrected chi connectivity index (χ0v) is 23.3. The summed E-state index contributed by atoms with van der Waals surface area (Å²) in [7, 11) is 0. The molecule has 11 heteroatoms. The lowest BCUT2D eigenvalue weighted by molar-refractivity contribution is -0.143. The van der Waals surface area contributed by atoms with Gasteiger partial charge in [-0.2, -0.15) is 4.99 Å². The lowest BCUT2D eigenvalue weighted by Crippen LogP contribution is -2.49. The van der Waals surface area contributed by atoms with Crippen molar-refractivity contribution in [2.75, 3.05) is 55.8 Å². The van der Waals surface area contributed by atoms with Gasteiger partial charge in [-0.15, -0.1) is 11.8 Å². The number of carbonyl (C=O) groups excluding carboxylic acids is 3. The Morgan fingerprint density at radius 2 is 1.74 bits per heavy atom. The highest BCUT2D eigenvalue weighted by Crippen LogP contribution is 2.24. The minimum absolute atomic E-state index is 0.0261. The number of benzene rings is 2. The number of carbonyl (C=O) groups is 3. The molecule has 1 saturated heterocycles. The van der Waals surface area contributed by atoms with Crippen molar-refractivity contribution in [3.63, 3.8) is 0 Å². The minimum atomic E-state index is -0.401. The maximum absolute atomic E-state index is 12.7. The smallest absolute Gasteiger partial charge is 0.326 e. The van der Waals surface area contributed by atoms with Crippen molar-refractivity contribution in [2.24, 2.45) is 4.99 Å². The summed E-state index contributed by atoms with van der Waals surface area (Å²) in [5.74, 6) is 0.278. The quantitative estimate of drug-likeness (QED) is 0.354. The summed E-state index contributed by atoms with van der Waals surface area (Å²) in [5, 5.41) is 0. The number of thioether (sulfide) groups is 1. The number of hydrogen-bond acceptors (Lipinski definition) is 8. The van der Waals surface area contributed by atoms with Gasteiger partial charge in [0, 0.05) is 31.9 Å². The molecule has 9 nitrogen and oxygen atoms in total. The van der Waals surface area contributed by atoms with E-state index in [1.807, 2.05) is 48.2 Å². The van der Waals surface area contributed by atoms with Crippen molar-refractivity contribution in [3.8, 4) is 5.75 Å². The fourth-order valence-corrected chi connectivity index (χ4v) is 5.97. The molecule has 38 heavy (non-hydrogen) atoms. The number of hydrogen-bond donors (Lipinski definition) is 0. The number of nitrogens with zero attached hydrogens (tertiary/aromatic N) is 4. The van der Waals surface area contributed by atoms with E-state index in [1.165, 1.54) is 23.1 Å². The number of thiazole rings is 1. The number of esters is 1. The maximum Gasteiger partial charge on any atom is 0.326 e. The van der Waals surface area contributed by atoms with Crippen molar-refractivity contribution < 1.29 is 23.9 Å². The molecule has 202 valence electrons. The van der Waals surface area contributed by atoms with E-state index in [9.17, 15) is 14.4 Å². The highest BCUT2D eigenvalue weighted by molar-refractivity contribution is 8.00. The zero-order chi connectivity index (χ0) is 26.9. The van der Waals surface area contributed by atoms with Crippen LogP contribution in [0.25, 0.3) is 10.2 Å². The molecule has 2 aromatic carbocycles. The molecule has 2 heterocycles. The number of aromatic nitrogens is 1. The molecule has 3 aromatic rings. The predicted molar refractivity (Wildman–Crippen MR) is 151 cm³/mol. The number of rotatable bonds is 10. The number of fused-ring (bicyclic) bond motifs is 1. The number of anilines is 1. The van der Waals surface area contributed by atoms with Crippen molar-refractivity contribution >= 4 is 56.8 Å². The van der Waals surface area contributed by atoms with E-state index >= 15 is 0 Å². The predicted octanol–water partition coefficient (Wildman–Crippen LogP) is 3.17. The second-order valence-corrected chi connectivity index (χ2v) is 10.5. The van der Waals surface area contributed by atoms with Crippen LogP contribution < -0.4 is 14.4 Å². The largest absolute Gasteiger partial charge is 0.494 e. The van der Waals surface area contributed by atoms with Crippen LogP contribution >= 0.6 is 23.1 Å². The second-order valence-electron chi connectivity index (χ2n) is 8.54. The molecular formula is C27H32N4O5S2. The van der Waals surface area contributed by atoms with Crippen molar-refractivity contribution in [1.29, 1.82) is 0 Å². The molecule has 0 unspecified atom stereocenters. The Bertz CT molecular complexity index is 1330. The monoisotopic (exact) mass is 556 g/mol. The first-order valence-electron chi connectivity index (χ1n) is 12.6. The highest BCUT2D eigenvalue weighted by Gasteiger charge is 2.21. The summed E-state index contributed by atoms with van der Waals surface area (Å²) in [6.07, 6.45) is 0. The van der Waals surface area contributed by atoms with Gasteiger partial charge in [0.15, 0.2) is 4.80 Å². The van der Waals surface area contributed by atoms with Crippen LogP contribution in [-0.2, 0) is 25.7 Å². The number of amides is 2. The molecule has 1 aliphatic rings. The molecule has 0 saturated carbocycles. The summed E-state index contributed by atoms with van der Waals surface area (Å²) >= 11 is 2.57. The van der Waals surface area contributed by atoms with Gasteiger partial charge in [0.1, 0.15) is 12.3 Å². The number of para-hydroxylation sites is 1. The van der Waals surface area contributed by atoms with Crippen LogP contribution in [0.4, 0.5) is 5.69 Å². The van der Waals surface area contributed by atoms with E-state index in [4.69, 9.17) is 9.47 Å². The molecular weight excluding hydrogens is 524 g/mol. The lowest BCUT2D eigenvalue weighted by atomic mass is 10.2. The van der Waals surface area contributed by atoms with Gasteiger partial charge in [0.2, 0.25) is 5.91 Å². The first-order valence-corrected chi connectivity index (χ1v) is 14.6. The van der Waals surface area contributed by atoms with Gasteiger partial charge in [-0.25, -0.2) is 0 Å². The van der Waals surface area contributed by atoms with Crippen LogP contribution in [0.5, 0.6) is 5.75 Å². The molecule has 0 N–H and O–H groups in total. The molecule has 1 aromatic heterocycles. The van der Waals surface area contributed by atoms with E-state index in [-0.39, 0.29) is 36.5 Å². The fourth-order valence-electron chi connectivity index (χ4n) is 4.19. The number of piperazine rings is 1. The third kappa shape index (κ3) is 7.16. The minimum Gasteiger partial charge on any atom is -0.494 e. The first kappa shape index (κ1) is 27.7. The highest BCUT2D eigenvalue weighted by atomic mass is 32.2. The summed E-state index contributed by atoms with van der Waals surface area (Å²) in [6, 6.07) is 15.7. The van der Waals surface area contributed by atoms with E-state index in [1.54, 1.807) is 11.5 Å². The standard InChI is InChI=1S/C27H32N4O5S2/c1-3-35-21-10-11-22-23(16-21)38-27(31(22)17-26(34)36-4-2)28-24(32)18-37-19-25(33)30-14-12-29(13-15-30)20-8-6-5-7-9-20/h5-11,16H,3-4,12-15,17-19H2,1-2H3. The van der Waals surface area contributed by atoms with Gasteiger partial charge in [0.05, 0.1) is 34.9 Å². The third-order valence-electron chi connectivity index (χ3n) is 5.98. The second kappa shape index (κ2) is 13.5. The summed E-state index contributed by atoms with van der Waals surface area (Å²) in [5.41, 5.74) is 1.94. The van der Waals surface area contributed by atoms with Gasteiger partial charge < -0.3 is 23.8 Å². The summed E-state index contributed by atoms with van der Waals surface area (Å²) < 4.78 is 13.2.